The third-order valence-electron chi connectivity index (χ3n) is 4.34. The Hall–Kier alpha value is -2.95. The number of hydrogen-bond acceptors (Lipinski definition) is 3. The highest BCUT2D eigenvalue weighted by molar-refractivity contribution is 6.21. The molecule has 5 heteroatoms. The zero-order valence-corrected chi connectivity index (χ0v) is 13.5. The molecule has 0 atom stereocenters. The minimum Gasteiger partial charge on any atom is -0.337 e. The average molecular weight is 318 g/mol. The molecule has 3 aromatic rings. The van der Waals surface area contributed by atoms with Gasteiger partial charge in [0.2, 0.25) is 5.91 Å². The lowest BCUT2D eigenvalue weighted by molar-refractivity contribution is -0.125. The number of carbonyl (C=O) groups excluding carboxylic acids is 1. The molecule has 1 amide bonds. The van der Waals surface area contributed by atoms with Crippen molar-refractivity contribution in [1.82, 2.24) is 14.5 Å². The second-order valence-electron chi connectivity index (χ2n) is 5.94. The molecule has 24 heavy (non-hydrogen) atoms. The van der Waals surface area contributed by atoms with Crippen molar-refractivity contribution in [3.8, 4) is 0 Å². The van der Waals surface area contributed by atoms with Crippen LogP contribution >= 0.6 is 0 Å². The zero-order chi connectivity index (χ0) is 16.5. The van der Waals surface area contributed by atoms with Crippen molar-refractivity contribution < 1.29 is 4.79 Å². The highest BCUT2D eigenvalue weighted by Crippen LogP contribution is 2.36. The quantitative estimate of drug-likeness (QED) is 0.740. The molecule has 1 aliphatic rings. The highest BCUT2D eigenvalue weighted by atomic mass is 16.2. The van der Waals surface area contributed by atoms with E-state index in [-0.39, 0.29) is 5.91 Å². The molecule has 0 fully saturated rings. The van der Waals surface area contributed by atoms with Crippen molar-refractivity contribution in [2.45, 2.75) is 19.9 Å². The van der Waals surface area contributed by atoms with E-state index in [1.807, 2.05) is 35.0 Å². The summed E-state index contributed by atoms with van der Waals surface area (Å²) in [5, 5.41) is 2.29. The molecule has 5 nitrogen and oxygen atoms in total. The first-order valence-corrected chi connectivity index (χ1v) is 8.09. The maximum absolute atomic E-state index is 12.2. The van der Waals surface area contributed by atoms with Gasteiger partial charge in [0.25, 0.3) is 0 Å². The Balaban J connectivity index is 1.61. The summed E-state index contributed by atoms with van der Waals surface area (Å²) in [4.78, 5) is 22.8. The fraction of sp³-hybridized carbons (Fsp3) is 0.211. The van der Waals surface area contributed by atoms with Gasteiger partial charge in [-0.15, -0.1) is 0 Å². The Morgan fingerprint density at radius 2 is 2.04 bits per heavy atom. The first-order chi connectivity index (χ1) is 11.7. The summed E-state index contributed by atoms with van der Waals surface area (Å²) >= 11 is 0. The number of amides is 1. The second kappa shape index (κ2) is 5.92. The summed E-state index contributed by atoms with van der Waals surface area (Å²) in [5.74, 6) is 0.782. The van der Waals surface area contributed by atoms with Crippen LogP contribution in [0.3, 0.4) is 0 Å². The molecular formula is C19H18N4O. The Kier molecular flexibility index (Phi) is 3.61. The first kappa shape index (κ1) is 14.6. The number of aryl methyl sites for hydroxylation is 1. The Bertz CT molecular complexity index is 922. The van der Waals surface area contributed by atoms with Crippen LogP contribution in [-0.4, -0.2) is 32.7 Å². The van der Waals surface area contributed by atoms with Gasteiger partial charge in [-0.25, -0.2) is 9.98 Å². The van der Waals surface area contributed by atoms with Crippen LogP contribution in [0.5, 0.6) is 0 Å². The molecule has 0 bridgehead atoms. The topological polar surface area (TPSA) is 50.5 Å². The molecule has 2 aromatic carbocycles. The van der Waals surface area contributed by atoms with Gasteiger partial charge in [0, 0.05) is 43.4 Å². The van der Waals surface area contributed by atoms with Gasteiger partial charge in [-0.3, -0.25) is 9.69 Å². The summed E-state index contributed by atoms with van der Waals surface area (Å²) in [6, 6.07) is 12.2. The molecule has 0 spiro atoms. The van der Waals surface area contributed by atoms with E-state index in [0.717, 1.165) is 40.8 Å². The molecule has 0 aliphatic carbocycles. The van der Waals surface area contributed by atoms with Gasteiger partial charge in [-0.1, -0.05) is 30.3 Å². The SMILES string of the molecule is CC(=O)N(CCCn1ccnc1)C1=Nc2cccc3cccc1c23. The fourth-order valence-corrected chi connectivity index (χ4v) is 3.22. The van der Waals surface area contributed by atoms with Crippen molar-refractivity contribution in [2.75, 3.05) is 6.54 Å². The molecule has 0 saturated carbocycles. The van der Waals surface area contributed by atoms with E-state index in [1.165, 1.54) is 0 Å². The van der Waals surface area contributed by atoms with Crippen LogP contribution in [0.2, 0.25) is 0 Å². The zero-order valence-electron chi connectivity index (χ0n) is 13.5. The molecule has 4 rings (SSSR count). The summed E-state index contributed by atoms with van der Waals surface area (Å²) in [5.41, 5.74) is 1.99. The van der Waals surface area contributed by atoms with Crippen molar-refractivity contribution in [3.63, 3.8) is 0 Å². The molecule has 0 N–H and O–H groups in total. The number of nitrogens with zero attached hydrogens (tertiary/aromatic N) is 4. The smallest absolute Gasteiger partial charge is 0.225 e. The van der Waals surface area contributed by atoms with Crippen LogP contribution in [0.25, 0.3) is 10.8 Å². The van der Waals surface area contributed by atoms with Crippen molar-refractivity contribution in [2.24, 2.45) is 4.99 Å². The minimum atomic E-state index is 0.0178. The van der Waals surface area contributed by atoms with E-state index in [9.17, 15) is 4.79 Å². The van der Waals surface area contributed by atoms with Crippen LogP contribution in [0.4, 0.5) is 5.69 Å². The van der Waals surface area contributed by atoms with Crippen LogP contribution in [0.15, 0.2) is 60.1 Å². The summed E-state index contributed by atoms with van der Waals surface area (Å²) < 4.78 is 2.02. The van der Waals surface area contributed by atoms with Crippen LogP contribution in [0, 0.1) is 0 Å². The minimum absolute atomic E-state index is 0.0178. The summed E-state index contributed by atoms with van der Waals surface area (Å²) in [7, 11) is 0. The number of aliphatic imine (C=N–C) groups is 1. The van der Waals surface area contributed by atoms with E-state index in [1.54, 1.807) is 24.3 Å². The van der Waals surface area contributed by atoms with Crippen molar-refractivity contribution >= 4 is 28.2 Å². The predicted molar refractivity (Wildman–Crippen MR) is 94.4 cm³/mol. The molecule has 0 radical (unpaired) electrons. The lowest BCUT2D eigenvalue weighted by atomic mass is 10.0. The fourth-order valence-electron chi connectivity index (χ4n) is 3.22. The lowest BCUT2D eigenvalue weighted by Gasteiger charge is -2.21. The van der Waals surface area contributed by atoms with E-state index in [0.29, 0.717) is 6.54 Å². The Labute approximate surface area is 140 Å². The molecule has 120 valence electrons. The molecule has 1 aromatic heterocycles. The normalized spacial score (nSPS) is 12.5. The van der Waals surface area contributed by atoms with E-state index in [2.05, 4.69) is 17.1 Å². The van der Waals surface area contributed by atoms with E-state index < -0.39 is 0 Å². The monoisotopic (exact) mass is 318 g/mol. The highest BCUT2D eigenvalue weighted by Gasteiger charge is 2.24. The van der Waals surface area contributed by atoms with Crippen molar-refractivity contribution in [3.05, 3.63) is 60.7 Å². The van der Waals surface area contributed by atoms with Gasteiger partial charge in [0.1, 0.15) is 5.84 Å². The van der Waals surface area contributed by atoms with E-state index >= 15 is 0 Å². The first-order valence-electron chi connectivity index (χ1n) is 8.09. The summed E-state index contributed by atoms with van der Waals surface area (Å²) in [6.45, 7) is 3.06. The van der Waals surface area contributed by atoms with Gasteiger partial charge >= 0.3 is 0 Å². The third-order valence-corrected chi connectivity index (χ3v) is 4.34. The number of hydrogen-bond donors (Lipinski definition) is 0. The van der Waals surface area contributed by atoms with Crippen LogP contribution < -0.4 is 0 Å². The van der Waals surface area contributed by atoms with Gasteiger partial charge in [0.05, 0.1) is 12.0 Å². The molecule has 0 saturated heterocycles. The van der Waals surface area contributed by atoms with Gasteiger partial charge in [-0.05, 0) is 17.9 Å². The molecule has 2 heterocycles. The summed E-state index contributed by atoms with van der Waals surface area (Å²) in [6.07, 6.45) is 6.34. The number of aromatic nitrogens is 2. The van der Waals surface area contributed by atoms with Gasteiger partial charge in [0.15, 0.2) is 0 Å². The largest absolute Gasteiger partial charge is 0.337 e. The Morgan fingerprint density at radius 3 is 2.79 bits per heavy atom. The number of benzene rings is 2. The van der Waals surface area contributed by atoms with Gasteiger partial charge < -0.3 is 4.57 Å². The standard InChI is InChI=1S/C19H18N4O/c1-14(24)23(11-4-10-22-12-9-20-13-22)19-16-7-2-5-15-6-3-8-17(21-19)18(15)16/h2-3,5-9,12-13H,4,10-11H2,1H3. The molecule has 1 aliphatic heterocycles. The molecular weight excluding hydrogens is 300 g/mol. The Morgan fingerprint density at radius 1 is 1.21 bits per heavy atom. The number of rotatable bonds is 4. The number of imidazole rings is 1. The average Bonchev–Trinajstić information content (AvgIpc) is 3.21. The number of amidine groups is 1. The predicted octanol–water partition coefficient (Wildman–Crippen LogP) is 3.37. The second-order valence-corrected chi connectivity index (χ2v) is 5.94. The lowest BCUT2D eigenvalue weighted by Crippen LogP contribution is -2.36. The maximum Gasteiger partial charge on any atom is 0.225 e. The van der Waals surface area contributed by atoms with Crippen LogP contribution in [-0.2, 0) is 11.3 Å². The third kappa shape index (κ3) is 2.48. The van der Waals surface area contributed by atoms with Crippen molar-refractivity contribution in [1.29, 1.82) is 0 Å². The van der Waals surface area contributed by atoms with E-state index in [4.69, 9.17) is 4.99 Å². The molecule has 0 unspecified atom stereocenters. The maximum atomic E-state index is 12.2. The number of carbonyl (C=O) groups is 1. The van der Waals surface area contributed by atoms with Crippen LogP contribution in [0.1, 0.15) is 18.9 Å². The van der Waals surface area contributed by atoms with Gasteiger partial charge in [-0.2, -0.15) is 0 Å².